The van der Waals surface area contributed by atoms with E-state index < -0.39 is 124 Å². The lowest BCUT2D eigenvalue weighted by Gasteiger charge is -2.63. The number of ketones is 2. The first kappa shape index (κ1) is 50.3. The molecule has 1 heterocycles. The van der Waals surface area contributed by atoms with Crippen LogP contribution in [0, 0.1) is 22.7 Å². The molecule has 4 aliphatic carbocycles. The van der Waals surface area contributed by atoms with Crippen molar-refractivity contribution in [3.05, 3.63) is 77.9 Å². The molecule has 68 heavy (non-hydrogen) atoms. The maximum absolute atomic E-state index is 17.7. The van der Waals surface area contributed by atoms with Gasteiger partial charge in [-0.1, -0.05) is 31.2 Å². The second kappa shape index (κ2) is 19.5. The highest BCUT2D eigenvalue weighted by Gasteiger charge is 2.80. The molecule has 0 radical (unpaired) electrons. The van der Waals surface area contributed by atoms with E-state index in [1.165, 1.54) is 32.9 Å². The van der Waals surface area contributed by atoms with Crippen molar-refractivity contribution >= 4 is 58.6 Å². The van der Waals surface area contributed by atoms with Gasteiger partial charge in [-0.05, 0) is 94.2 Å². The molecule has 1 saturated heterocycles. The predicted octanol–water partition coefficient (Wildman–Crippen LogP) is 3.78. The summed E-state index contributed by atoms with van der Waals surface area (Å²) >= 11 is 1.07. The number of nitrogens with one attached hydrogen (secondary N) is 4. The lowest BCUT2D eigenvalue weighted by Crippen LogP contribution is -2.70. The topological polar surface area (TPSA) is 256 Å². The molecule has 2 aromatic carbocycles. The monoisotopic (exact) mass is 966 g/mol. The van der Waals surface area contributed by atoms with Crippen LogP contribution in [-0.2, 0) is 43.0 Å². The summed E-state index contributed by atoms with van der Waals surface area (Å²) < 4.78 is 52.8. The fourth-order valence-corrected chi connectivity index (χ4v) is 11.7. The van der Waals surface area contributed by atoms with Crippen LogP contribution in [0.4, 0.5) is 14.5 Å². The molecule has 7 N–H and O–H groups in total. The number of amides is 4. The normalized spacial score (nSPS) is 32.4. The van der Waals surface area contributed by atoms with E-state index in [2.05, 4.69) is 21.3 Å². The molecule has 0 spiro atoms. The second-order valence-electron chi connectivity index (χ2n) is 18.6. The third-order valence-corrected chi connectivity index (χ3v) is 15.5. The van der Waals surface area contributed by atoms with Gasteiger partial charge < -0.3 is 50.8 Å². The van der Waals surface area contributed by atoms with Crippen LogP contribution >= 0.6 is 11.8 Å². The number of hydrogen-bond donors (Lipinski definition) is 7. The van der Waals surface area contributed by atoms with Gasteiger partial charge in [-0.3, -0.25) is 33.6 Å². The number of halogens is 2. The second-order valence-corrected chi connectivity index (χ2v) is 19.6. The fraction of sp³-hybridized carbons (Fsp3) is 0.521. The number of aliphatic hydroxyl groups is 2. The Morgan fingerprint density at radius 2 is 1.66 bits per heavy atom. The van der Waals surface area contributed by atoms with E-state index in [4.69, 9.17) is 19.3 Å². The van der Waals surface area contributed by atoms with Gasteiger partial charge >= 0.3 is 5.97 Å². The quantitative estimate of drug-likeness (QED) is 0.119. The highest BCUT2D eigenvalue weighted by atomic mass is 32.2. The Hall–Kier alpha value is -5.54. The van der Waals surface area contributed by atoms with Crippen molar-refractivity contribution in [3.8, 4) is 11.5 Å². The first-order chi connectivity index (χ1) is 32.1. The van der Waals surface area contributed by atoms with Gasteiger partial charge in [0, 0.05) is 47.0 Å². The molecule has 366 valence electrons. The molecule has 2 aromatic rings. The largest absolute Gasteiger partial charge is 0.481 e. The minimum Gasteiger partial charge on any atom is -0.481 e. The zero-order valence-electron chi connectivity index (χ0n) is 38.1. The molecule has 0 bridgehead atoms. The molecule has 17 nitrogen and oxygen atoms in total. The molecule has 7 rings (SSSR count). The van der Waals surface area contributed by atoms with Gasteiger partial charge in [-0.25, -0.2) is 8.78 Å². The number of rotatable bonds is 17. The number of aliphatic hydroxyl groups excluding tert-OH is 2. The molecule has 0 aromatic heterocycles. The van der Waals surface area contributed by atoms with Gasteiger partial charge in [0.25, 0.3) is 0 Å². The number of hydrogen-bond acceptors (Lipinski definition) is 13. The lowest BCUT2D eigenvalue weighted by atomic mass is 9.44. The highest BCUT2D eigenvalue weighted by molar-refractivity contribution is 7.99. The predicted molar refractivity (Wildman–Crippen MR) is 242 cm³/mol. The van der Waals surface area contributed by atoms with Crippen LogP contribution in [0.1, 0.15) is 71.7 Å². The zero-order chi connectivity index (χ0) is 49.5. The van der Waals surface area contributed by atoms with Gasteiger partial charge in [-0.15, -0.1) is 0 Å². The van der Waals surface area contributed by atoms with Crippen molar-refractivity contribution in [1.82, 2.24) is 16.0 Å². The first-order valence-corrected chi connectivity index (χ1v) is 23.6. The smallest absolute Gasteiger partial charge is 0.305 e. The number of carboxylic acids is 1. The van der Waals surface area contributed by atoms with Gasteiger partial charge in [0.05, 0.1) is 23.9 Å². The van der Waals surface area contributed by atoms with E-state index in [-0.39, 0.29) is 44.2 Å². The van der Waals surface area contributed by atoms with Crippen LogP contribution < -0.4 is 26.0 Å². The van der Waals surface area contributed by atoms with Gasteiger partial charge in [-0.2, -0.15) is 11.8 Å². The van der Waals surface area contributed by atoms with Crippen LogP contribution in [0.5, 0.6) is 11.5 Å². The first-order valence-electron chi connectivity index (χ1n) is 22.4. The summed E-state index contributed by atoms with van der Waals surface area (Å²) in [5, 5.41) is 40.5. The average Bonchev–Trinajstić information content (AvgIpc) is 3.79. The molecule has 3 saturated carbocycles. The third-order valence-electron chi connectivity index (χ3n) is 14.5. The van der Waals surface area contributed by atoms with E-state index in [9.17, 15) is 43.8 Å². The van der Waals surface area contributed by atoms with Crippen LogP contribution in [0.3, 0.4) is 0 Å². The number of Topliss-reactive ketones (excluding diaryl/α,β-unsaturated/α-hetero) is 1. The number of allylic oxidation sites excluding steroid dienone is 4. The zero-order valence-corrected chi connectivity index (χ0v) is 38.9. The average molecular weight is 967 g/mol. The van der Waals surface area contributed by atoms with Gasteiger partial charge in [0.15, 0.2) is 29.1 Å². The Morgan fingerprint density at radius 1 is 0.956 bits per heavy atom. The Bertz CT molecular complexity index is 2420. The number of aliphatic carboxylic acids is 1. The number of thioether (sulfide) groups is 1. The summed E-state index contributed by atoms with van der Waals surface area (Å²) in [6, 6.07) is 11.0. The minimum absolute atomic E-state index is 0.0161. The van der Waals surface area contributed by atoms with E-state index in [1.54, 1.807) is 61.7 Å². The maximum Gasteiger partial charge on any atom is 0.305 e. The third kappa shape index (κ3) is 8.96. The highest BCUT2D eigenvalue weighted by Crippen LogP contribution is 2.72. The van der Waals surface area contributed by atoms with E-state index in [0.717, 1.165) is 17.8 Å². The van der Waals surface area contributed by atoms with Gasteiger partial charge in [0.1, 0.15) is 36.4 Å². The Kier molecular flexibility index (Phi) is 14.4. The number of carbonyl (C=O) groups is 7. The van der Waals surface area contributed by atoms with Crippen LogP contribution in [0.25, 0.3) is 0 Å². The van der Waals surface area contributed by atoms with E-state index in [1.807, 2.05) is 0 Å². The fourth-order valence-electron chi connectivity index (χ4n) is 11.1. The van der Waals surface area contributed by atoms with Gasteiger partial charge in [0.2, 0.25) is 23.6 Å². The molecular formula is C48H56F2N4O13S. The van der Waals surface area contributed by atoms with Crippen molar-refractivity contribution in [2.24, 2.45) is 22.7 Å². The molecule has 13 atom stereocenters. The summed E-state index contributed by atoms with van der Waals surface area (Å²) in [6.45, 7) is 5.10. The number of ether oxygens (including phenoxy) is 3. The van der Waals surface area contributed by atoms with Crippen molar-refractivity contribution in [1.29, 1.82) is 0 Å². The number of anilines is 1. The van der Waals surface area contributed by atoms with Crippen LogP contribution in [0.2, 0.25) is 0 Å². The van der Waals surface area contributed by atoms with Crippen molar-refractivity contribution in [2.45, 2.75) is 113 Å². The minimum atomic E-state index is -2.37. The van der Waals surface area contributed by atoms with Crippen molar-refractivity contribution < 1.29 is 71.9 Å². The maximum atomic E-state index is 17.7. The number of fused-ring (bicyclic) bond motifs is 7. The summed E-state index contributed by atoms with van der Waals surface area (Å²) in [4.78, 5) is 87.5. The summed E-state index contributed by atoms with van der Waals surface area (Å²) in [5.74, 6) is -5.62. The summed E-state index contributed by atoms with van der Waals surface area (Å²) in [5.41, 5.74) is -6.26. The standard InChI is InChI=1S/C48H56F2N4O13S/c1-24(52-39(59)14-16-51-43(64)35(68-5)21-40(60)61)41(62)53-25(2)42(63)54-27-7-6-8-30(17-27)65-29-11-9-26(10-12-29)44-66-38-20-31-32-19-34(49)33-18-28(56)13-15-45(33,3)47(32,50)36(57)22-46(31,4)48(38,67-44)37(58)23-55/h6-13,15,17-18,24-25,31-32,34-36,38,44,55,57H,14,16,19-23H2,1-5H3,(H,51,64)(H,52,59)(H,53,62)(H,54,63)(H,60,61)/t24-,25-,31-,32-,34-,35?,36-,38+,44+,45-,46-,47-,48+/m0/s1. The number of carboxylic acid groups (broad SMARTS) is 1. The Labute approximate surface area is 395 Å². The van der Waals surface area contributed by atoms with E-state index >= 15 is 8.78 Å². The number of benzene rings is 2. The Morgan fingerprint density at radius 3 is 2.34 bits per heavy atom. The molecule has 4 fully saturated rings. The number of alkyl halides is 2. The molecule has 1 unspecified atom stereocenters. The van der Waals surface area contributed by atoms with Crippen molar-refractivity contribution in [2.75, 3.05) is 24.7 Å². The Balaban J connectivity index is 0.941. The van der Waals surface area contributed by atoms with E-state index in [0.29, 0.717) is 22.7 Å². The lowest BCUT2D eigenvalue weighted by molar-refractivity contribution is -0.235. The summed E-state index contributed by atoms with van der Waals surface area (Å²) in [6.07, 6.45) is -1.20. The number of carbonyl (C=O) groups excluding carboxylic acids is 6. The molecule has 4 amide bonds. The van der Waals surface area contributed by atoms with Crippen molar-refractivity contribution in [3.63, 3.8) is 0 Å². The molecule has 20 heteroatoms. The molecule has 5 aliphatic rings. The molecule has 1 aliphatic heterocycles. The van der Waals surface area contributed by atoms with Crippen LogP contribution in [0.15, 0.2) is 72.3 Å². The van der Waals surface area contributed by atoms with Crippen LogP contribution in [-0.4, -0.2) is 123 Å². The SMILES string of the molecule is CSC(CC(=O)O)C(=O)NCCC(=O)N[C@@H](C)C(=O)N[C@@H](C)C(=O)Nc1cccc(Oc2ccc([C@@H]3O[C@@H]4C[C@H]5[C@@H]6C[C@H](F)C7=CC(=O)C=C[C@]7(C)[C@@]6(F)[C@@H](O)C[C@]5(C)[C@]4(C(=O)CO)O3)cc2)c1. The molecular weight excluding hydrogens is 911 g/mol. The summed E-state index contributed by atoms with van der Waals surface area (Å²) in [7, 11) is 0.